The third kappa shape index (κ3) is 3.12. The first-order valence-corrected chi connectivity index (χ1v) is 7.07. The lowest BCUT2D eigenvalue weighted by Gasteiger charge is -2.03. The molecule has 1 amide bonds. The first-order valence-electron chi connectivity index (χ1n) is 7.07. The zero-order valence-electron chi connectivity index (χ0n) is 12.7. The zero-order chi connectivity index (χ0) is 17.1. The predicted octanol–water partition coefficient (Wildman–Crippen LogP) is 2.63. The molecule has 1 aromatic heterocycles. The van der Waals surface area contributed by atoms with Crippen LogP contribution in [0, 0.1) is 10.1 Å². The van der Waals surface area contributed by atoms with Crippen molar-refractivity contribution in [3.8, 4) is 0 Å². The summed E-state index contributed by atoms with van der Waals surface area (Å²) < 4.78 is 0. The fraction of sp³-hybridized carbons (Fsp3) is 0.0625. The van der Waals surface area contributed by atoms with Crippen molar-refractivity contribution in [2.75, 3.05) is 0 Å². The minimum Gasteiger partial charge on any atom is -0.345 e. The minimum atomic E-state index is -0.469. The number of nitrogens with one attached hydrogen (secondary N) is 2. The molecule has 3 rings (SSSR count). The Bertz CT molecular complexity index is 944. The highest BCUT2D eigenvalue weighted by molar-refractivity contribution is 6.01. The van der Waals surface area contributed by atoms with E-state index in [-0.39, 0.29) is 11.6 Å². The van der Waals surface area contributed by atoms with E-state index in [9.17, 15) is 14.9 Å². The Morgan fingerprint density at radius 2 is 1.92 bits per heavy atom. The van der Waals surface area contributed by atoms with Gasteiger partial charge in [-0.15, -0.1) is 0 Å². The maximum absolute atomic E-state index is 12.1. The van der Waals surface area contributed by atoms with Crippen molar-refractivity contribution in [2.45, 2.75) is 6.92 Å². The molecule has 0 saturated carbocycles. The second-order valence-electron chi connectivity index (χ2n) is 5.08. The van der Waals surface area contributed by atoms with Crippen LogP contribution in [-0.2, 0) is 0 Å². The Balaban J connectivity index is 1.73. The van der Waals surface area contributed by atoms with E-state index < -0.39 is 4.92 Å². The second-order valence-corrected chi connectivity index (χ2v) is 5.08. The van der Waals surface area contributed by atoms with Gasteiger partial charge >= 0.3 is 0 Å². The van der Waals surface area contributed by atoms with Crippen LogP contribution in [0.25, 0.3) is 11.0 Å². The van der Waals surface area contributed by atoms with Crippen molar-refractivity contribution in [1.82, 2.24) is 15.4 Å². The molecule has 0 unspecified atom stereocenters. The molecule has 0 aliphatic carbocycles. The maximum atomic E-state index is 12.1. The number of carbonyl (C=O) groups is 1. The van der Waals surface area contributed by atoms with Gasteiger partial charge in [0.25, 0.3) is 11.6 Å². The average molecular weight is 323 g/mol. The van der Waals surface area contributed by atoms with Crippen LogP contribution in [0.15, 0.2) is 53.9 Å². The van der Waals surface area contributed by atoms with Crippen molar-refractivity contribution in [2.24, 2.45) is 5.10 Å². The lowest BCUT2D eigenvalue weighted by atomic mass is 10.1. The number of nitro benzene ring substituents is 1. The highest BCUT2D eigenvalue weighted by atomic mass is 16.6. The molecule has 120 valence electrons. The van der Waals surface area contributed by atoms with Crippen LogP contribution in [0.4, 0.5) is 5.69 Å². The summed E-state index contributed by atoms with van der Waals surface area (Å²) in [7, 11) is 0. The molecule has 24 heavy (non-hydrogen) atoms. The Hall–Kier alpha value is -3.55. The Morgan fingerprint density at radius 3 is 2.62 bits per heavy atom. The number of fused-ring (bicyclic) bond motifs is 1. The molecule has 0 aliphatic rings. The molecule has 0 fully saturated rings. The van der Waals surface area contributed by atoms with Gasteiger partial charge in [-0.25, -0.2) is 10.4 Å². The van der Waals surface area contributed by atoms with Crippen LogP contribution in [0.1, 0.15) is 22.8 Å². The maximum Gasteiger partial charge on any atom is 0.271 e. The van der Waals surface area contributed by atoms with E-state index in [2.05, 4.69) is 20.5 Å². The van der Waals surface area contributed by atoms with Crippen LogP contribution in [-0.4, -0.2) is 26.5 Å². The Labute approximate surface area is 136 Å². The van der Waals surface area contributed by atoms with Gasteiger partial charge in [0.15, 0.2) is 0 Å². The second kappa shape index (κ2) is 6.29. The summed E-state index contributed by atoms with van der Waals surface area (Å²) in [6.07, 6.45) is 1.56. The highest BCUT2D eigenvalue weighted by Gasteiger charge is 2.08. The van der Waals surface area contributed by atoms with Crippen molar-refractivity contribution < 1.29 is 9.72 Å². The van der Waals surface area contributed by atoms with Crippen molar-refractivity contribution >= 4 is 28.3 Å². The van der Waals surface area contributed by atoms with Crippen LogP contribution < -0.4 is 5.43 Å². The average Bonchev–Trinajstić information content (AvgIpc) is 3.07. The van der Waals surface area contributed by atoms with Crippen molar-refractivity contribution in [3.63, 3.8) is 0 Å². The van der Waals surface area contributed by atoms with Crippen molar-refractivity contribution in [3.05, 3.63) is 70.0 Å². The molecule has 2 aromatic carbocycles. The molecule has 0 radical (unpaired) electrons. The van der Waals surface area contributed by atoms with E-state index in [1.807, 2.05) is 0 Å². The van der Waals surface area contributed by atoms with Gasteiger partial charge in [-0.3, -0.25) is 14.9 Å². The number of rotatable bonds is 4. The van der Waals surface area contributed by atoms with Gasteiger partial charge in [0.05, 0.1) is 28.0 Å². The number of amides is 1. The summed E-state index contributed by atoms with van der Waals surface area (Å²) >= 11 is 0. The predicted molar refractivity (Wildman–Crippen MR) is 88.9 cm³/mol. The van der Waals surface area contributed by atoms with Gasteiger partial charge in [0.2, 0.25) is 0 Å². The van der Waals surface area contributed by atoms with E-state index >= 15 is 0 Å². The van der Waals surface area contributed by atoms with E-state index in [1.165, 1.54) is 12.1 Å². The molecule has 0 atom stereocenters. The molecule has 1 heterocycles. The molecular formula is C16H13N5O3. The number of nitro groups is 1. The summed E-state index contributed by atoms with van der Waals surface area (Å²) in [4.78, 5) is 29.3. The van der Waals surface area contributed by atoms with Crippen LogP contribution in [0.3, 0.4) is 0 Å². The Kier molecular flexibility index (Phi) is 4.02. The van der Waals surface area contributed by atoms with Gasteiger partial charge in [-0.1, -0.05) is 0 Å². The number of carbonyl (C=O) groups excluding carboxylic acids is 1. The number of aromatic amines is 1. The van der Waals surface area contributed by atoms with E-state index in [0.29, 0.717) is 16.8 Å². The van der Waals surface area contributed by atoms with E-state index in [1.54, 1.807) is 43.6 Å². The van der Waals surface area contributed by atoms with Gasteiger partial charge in [0, 0.05) is 17.7 Å². The molecule has 8 nitrogen and oxygen atoms in total. The Morgan fingerprint density at radius 1 is 1.21 bits per heavy atom. The normalized spacial score (nSPS) is 11.5. The number of non-ortho nitro benzene ring substituents is 1. The third-order valence-electron chi connectivity index (χ3n) is 3.50. The number of hydrazone groups is 1. The van der Waals surface area contributed by atoms with Gasteiger partial charge < -0.3 is 4.98 Å². The zero-order valence-corrected chi connectivity index (χ0v) is 12.7. The molecule has 0 saturated heterocycles. The molecule has 2 N–H and O–H groups in total. The number of nitrogens with zero attached hydrogens (tertiary/aromatic N) is 3. The monoisotopic (exact) mass is 323 g/mol. The topological polar surface area (TPSA) is 113 Å². The fourth-order valence-corrected chi connectivity index (χ4v) is 2.16. The van der Waals surface area contributed by atoms with Gasteiger partial charge in [-0.05, 0) is 42.8 Å². The third-order valence-corrected chi connectivity index (χ3v) is 3.50. The molecule has 0 spiro atoms. The standard InChI is InChI=1S/C16H13N5O3/c1-10(11-2-5-13(6-3-11)21(23)24)19-20-16(22)12-4-7-14-15(8-12)18-9-17-14/h2-9H,1H3,(H,17,18)(H,20,22). The van der Waals surface area contributed by atoms with Crippen LogP contribution in [0.2, 0.25) is 0 Å². The minimum absolute atomic E-state index is 0.00319. The summed E-state index contributed by atoms with van der Waals surface area (Å²) in [5.74, 6) is -0.354. The SMILES string of the molecule is CC(=NNC(=O)c1ccc2nc[nH]c2c1)c1ccc([N+](=O)[O-])cc1. The van der Waals surface area contributed by atoms with Crippen LogP contribution >= 0.6 is 0 Å². The quantitative estimate of drug-likeness (QED) is 0.436. The summed E-state index contributed by atoms with van der Waals surface area (Å²) in [5, 5.41) is 14.7. The number of aromatic nitrogens is 2. The summed E-state index contributed by atoms with van der Waals surface area (Å²) in [5.41, 5.74) is 5.69. The number of hydrogen-bond donors (Lipinski definition) is 2. The first-order chi connectivity index (χ1) is 11.5. The van der Waals surface area contributed by atoms with E-state index in [4.69, 9.17) is 0 Å². The fourth-order valence-electron chi connectivity index (χ4n) is 2.16. The molecule has 3 aromatic rings. The number of hydrogen-bond acceptors (Lipinski definition) is 5. The van der Waals surface area contributed by atoms with E-state index in [0.717, 1.165) is 11.0 Å². The smallest absolute Gasteiger partial charge is 0.271 e. The first kappa shape index (κ1) is 15.3. The molecule has 0 aliphatic heterocycles. The summed E-state index contributed by atoms with van der Waals surface area (Å²) in [6.45, 7) is 1.71. The lowest BCUT2D eigenvalue weighted by Crippen LogP contribution is -2.19. The number of benzene rings is 2. The van der Waals surface area contributed by atoms with Gasteiger partial charge in [-0.2, -0.15) is 5.10 Å². The van der Waals surface area contributed by atoms with Crippen LogP contribution in [0.5, 0.6) is 0 Å². The number of H-pyrrole nitrogens is 1. The number of imidazole rings is 1. The molecular weight excluding hydrogens is 310 g/mol. The summed E-state index contributed by atoms with van der Waals surface area (Å²) in [6, 6.07) is 11.0. The lowest BCUT2D eigenvalue weighted by molar-refractivity contribution is -0.384. The highest BCUT2D eigenvalue weighted by Crippen LogP contribution is 2.13. The van der Waals surface area contributed by atoms with Gasteiger partial charge in [0.1, 0.15) is 0 Å². The largest absolute Gasteiger partial charge is 0.345 e. The molecule has 0 bridgehead atoms. The molecule has 8 heteroatoms. The van der Waals surface area contributed by atoms with Crippen molar-refractivity contribution in [1.29, 1.82) is 0 Å².